The lowest BCUT2D eigenvalue weighted by atomic mass is 10.3. The highest BCUT2D eigenvalue weighted by atomic mass is 35.5. The van der Waals surface area contributed by atoms with E-state index in [0.29, 0.717) is 38.5 Å². The van der Waals surface area contributed by atoms with Crippen molar-refractivity contribution in [3.05, 3.63) is 61.0 Å². The summed E-state index contributed by atoms with van der Waals surface area (Å²) in [5, 5.41) is 12.7. The van der Waals surface area contributed by atoms with Gasteiger partial charge >= 0.3 is 5.69 Å². The summed E-state index contributed by atoms with van der Waals surface area (Å²) in [5.74, 6) is 0.619. The molecule has 0 amide bonds. The Balaban J connectivity index is 1.62. The second-order valence-corrected chi connectivity index (χ2v) is 8.68. The maximum atomic E-state index is 13.1. The van der Waals surface area contributed by atoms with Crippen LogP contribution in [0.2, 0.25) is 10.0 Å². The molecule has 172 valence electrons. The van der Waals surface area contributed by atoms with E-state index in [1.807, 2.05) is 4.57 Å². The average Bonchev–Trinajstić information content (AvgIpc) is 3.44. The molecular formula is C20H21Cl2N9O2. The number of piperazine rings is 1. The van der Waals surface area contributed by atoms with E-state index < -0.39 is 11.2 Å². The van der Waals surface area contributed by atoms with Gasteiger partial charge in [0.2, 0.25) is 5.95 Å². The molecule has 5 rings (SSSR count). The maximum Gasteiger partial charge on any atom is 0.332 e. The molecule has 4 heterocycles. The quantitative estimate of drug-likeness (QED) is 0.451. The number of anilines is 1. The summed E-state index contributed by atoms with van der Waals surface area (Å²) in [7, 11) is 3.08. The Hall–Kier alpha value is -3.15. The summed E-state index contributed by atoms with van der Waals surface area (Å²) in [5.41, 5.74) is 1.19. The minimum absolute atomic E-state index is 0.254. The molecule has 13 heteroatoms. The van der Waals surface area contributed by atoms with Gasteiger partial charge in [0.05, 0.1) is 28.5 Å². The second kappa shape index (κ2) is 8.32. The zero-order valence-corrected chi connectivity index (χ0v) is 19.5. The first-order valence-electron chi connectivity index (χ1n) is 10.3. The Labute approximate surface area is 197 Å². The summed E-state index contributed by atoms with van der Waals surface area (Å²) in [6.45, 7) is 3.31. The molecule has 0 bridgehead atoms. The molecule has 1 N–H and O–H groups in total. The van der Waals surface area contributed by atoms with Crippen LogP contribution in [0.4, 0.5) is 5.95 Å². The SMILES string of the molecule is Cn1c(=O)c2c(nc(N3CCNCC3)n2Cc2cn(-c3ccc(Cl)c(Cl)c3)nn2)n(C)c1=O. The van der Waals surface area contributed by atoms with E-state index in [9.17, 15) is 9.59 Å². The van der Waals surface area contributed by atoms with Crippen LogP contribution < -0.4 is 21.5 Å². The first kappa shape index (κ1) is 21.7. The Morgan fingerprint density at radius 2 is 1.82 bits per heavy atom. The van der Waals surface area contributed by atoms with Gasteiger partial charge in [-0.2, -0.15) is 4.98 Å². The molecule has 11 nitrogen and oxygen atoms in total. The maximum absolute atomic E-state index is 13.1. The normalized spacial score (nSPS) is 14.4. The number of fused-ring (bicyclic) bond motifs is 1. The molecule has 1 saturated heterocycles. The smallest absolute Gasteiger partial charge is 0.332 e. The zero-order chi connectivity index (χ0) is 23.3. The van der Waals surface area contributed by atoms with Crippen LogP contribution in [0.5, 0.6) is 0 Å². The molecule has 4 aromatic rings. The van der Waals surface area contributed by atoms with Crippen LogP contribution in [0, 0.1) is 0 Å². The summed E-state index contributed by atoms with van der Waals surface area (Å²) in [6, 6.07) is 5.18. The number of aromatic nitrogens is 7. The van der Waals surface area contributed by atoms with Crippen molar-refractivity contribution in [2.24, 2.45) is 14.1 Å². The van der Waals surface area contributed by atoms with Crippen molar-refractivity contribution in [2.45, 2.75) is 6.54 Å². The second-order valence-electron chi connectivity index (χ2n) is 7.87. The van der Waals surface area contributed by atoms with Gasteiger partial charge in [-0.25, -0.2) is 9.48 Å². The predicted octanol–water partition coefficient (Wildman–Crippen LogP) is 0.779. The van der Waals surface area contributed by atoms with Gasteiger partial charge < -0.3 is 10.2 Å². The number of nitrogens with one attached hydrogen (secondary N) is 1. The van der Waals surface area contributed by atoms with Crippen molar-refractivity contribution in [2.75, 3.05) is 31.1 Å². The fraction of sp³-hybridized carbons (Fsp3) is 0.350. The van der Waals surface area contributed by atoms with Crippen LogP contribution in [0.25, 0.3) is 16.9 Å². The summed E-state index contributed by atoms with van der Waals surface area (Å²) < 4.78 is 5.89. The molecule has 3 aromatic heterocycles. The first-order chi connectivity index (χ1) is 15.8. The Morgan fingerprint density at radius 1 is 1.06 bits per heavy atom. The van der Waals surface area contributed by atoms with Crippen molar-refractivity contribution in [1.29, 1.82) is 0 Å². The fourth-order valence-electron chi connectivity index (χ4n) is 3.98. The Bertz CT molecular complexity index is 1480. The highest BCUT2D eigenvalue weighted by Crippen LogP contribution is 2.25. The molecule has 1 aliphatic rings. The number of nitrogens with zero attached hydrogens (tertiary/aromatic N) is 8. The summed E-state index contributed by atoms with van der Waals surface area (Å²) in [6.07, 6.45) is 1.76. The van der Waals surface area contributed by atoms with E-state index in [1.165, 1.54) is 11.6 Å². The van der Waals surface area contributed by atoms with Crippen LogP contribution >= 0.6 is 23.2 Å². The van der Waals surface area contributed by atoms with Crippen LogP contribution in [-0.2, 0) is 20.6 Å². The number of rotatable bonds is 4. The molecule has 1 aliphatic heterocycles. The van der Waals surface area contributed by atoms with Crippen LogP contribution in [-0.4, -0.2) is 59.9 Å². The number of hydrogen-bond acceptors (Lipinski definition) is 7. The third kappa shape index (κ3) is 3.71. The lowest BCUT2D eigenvalue weighted by Gasteiger charge is -2.28. The average molecular weight is 490 g/mol. The van der Waals surface area contributed by atoms with E-state index in [4.69, 9.17) is 28.2 Å². The topological polar surface area (TPSA) is 108 Å². The van der Waals surface area contributed by atoms with Gasteiger partial charge in [0.1, 0.15) is 5.69 Å². The third-order valence-corrected chi connectivity index (χ3v) is 6.50. The van der Waals surface area contributed by atoms with Gasteiger partial charge in [0.25, 0.3) is 5.56 Å². The van der Waals surface area contributed by atoms with Crippen molar-refractivity contribution < 1.29 is 0 Å². The predicted molar refractivity (Wildman–Crippen MR) is 126 cm³/mol. The van der Waals surface area contributed by atoms with Gasteiger partial charge in [-0.3, -0.25) is 18.5 Å². The van der Waals surface area contributed by atoms with E-state index in [2.05, 4.69) is 20.5 Å². The lowest BCUT2D eigenvalue weighted by Crippen LogP contribution is -2.44. The number of imidazole rings is 1. The highest BCUT2D eigenvalue weighted by Gasteiger charge is 2.24. The van der Waals surface area contributed by atoms with Gasteiger partial charge in [-0.15, -0.1) is 5.10 Å². The van der Waals surface area contributed by atoms with Gasteiger partial charge in [0, 0.05) is 40.3 Å². The lowest BCUT2D eigenvalue weighted by molar-refractivity contribution is 0.570. The molecular weight excluding hydrogens is 469 g/mol. The molecule has 1 fully saturated rings. The molecule has 1 aromatic carbocycles. The number of aryl methyl sites for hydroxylation is 1. The Morgan fingerprint density at radius 3 is 2.55 bits per heavy atom. The van der Waals surface area contributed by atoms with Crippen molar-refractivity contribution in [1.82, 2.24) is 39.0 Å². The fourth-order valence-corrected chi connectivity index (χ4v) is 4.27. The largest absolute Gasteiger partial charge is 0.340 e. The number of hydrogen-bond donors (Lipinski definition) is 1. The number of halogens is 2. The first-order valence-corrected chi connectivity index (χ1v) is 11.1. The monoisotopic (exact) mass is 489 g/mol. The molecule has 0 saturated carbocycles. The molecule has 0 aliphatic carbocycles. The van der Waals surface area contributed by atoms with Crippen molar-refractivity contribution >= 4 is 40.3 Å². The zero-order valence-electron chi connectivity index (χ0n) is 18.0. The minimum Gasteiger partial charge on any atom is -0.340 e. The summed E-state index contributed by atoms with van der Waals surface area (Å²) >= 11 is 12.2. The molecule has 0 unspecified atom stereocenters. The molecule has 0 atom stereocenters. The van der Waals surface area contributed by atoms with Crippen LogP contribution in [0.15, 0.2) is 34.0 Å². The standard InChI is InChI=1S/C20H21Cl2N9O2/c1-27-17-16(18(32)28(2)20(27)33)30(19(24-17)29-7-5-23-6-8-29)10-12-11-31(26-25-12)13-3-4-14(21)15(22)9-13/h3-4,9,11,23H,5-8,10H2,1-2H3. The molecule has 0 spiro atoms. The Kier molecular flexibility index (Phi) is 5.47. The van der Waals surface area contributed by atoms with Crippen LogP contribution in [0.1, 0.15) is 5.69 Å². The van der Waals surface area contributed by atoms with Gasteiger partial charge in [-0.1, -0.05) is 28.4 Å². The highest BCUT2D eigenvalue weighted by molar-refractivity contribution is 6.42. The van der Waals surface area contributed by atoms with Gasteiger partial charge in [-0.05, 0) is 18.2 Å². The van der Waals surface area contributed by atoms with E-state index >= 15 is 0 Å². The summed E-state index contributed by atoms with van der Waals surface area (Å²) in [4.78, 5) is 32.4. The van der Waals surface area contributed by atoms with E-state index in [0.717, 1.165) is 30.7 Å². The van der Waals surface area contributed by atoms with Gasteiger partial charge in [0.15, 0.2) is 11.2 Å². The minimum atomic E-state index is -0.422. The third-order valence-electron chi connectivity index (χ3n) is 5.76. The van der Waals surface area contributed by atoms with Crippen molar-refractivity contribution in [3.8, 4) is 5.69 Å². The molecule has 33 heavy (non-hydrogen) atoms. The number of benzene rings is 1. The van der Waals surface area contributed by atoms with E-state index in [1.54, 1.807) is 36.1 Å². The van der Waals surface area contributed by atoms with E-state index in [-0.39, 0.29) is 6.54 Å². The molecule has 0 radical (unpaired) electrons. The van der Waals surface area contributed by atoms with Crippen LogP contribution in [0.3, 0.4) is 0 Å². The van der Waals surface area contributed by atoms with Crippen molar-refractivity contribution in [3.63, 3.8) is 0 Å².